The van der Waals surface area contributed by atoms with Crippen molar-refractivity contribution in [3.05, 3.63) is 34.1 Å². The summed E-state index contributed by atoms with van der Waals surface area (Å²) in [6.45, 7) is 2.83. The van der Waals surface area contributed by atoms with Crippen LogP contribution >= 0.6 is 15.9 Å². The fraction of sp³-hybridized carbons (Fsp3) is 0.650. The Morgan fingerprint density at radius 3 is 2.88 bits per heavy atom. The first-order valence-electron chi connectivity index (χ1n) is 9.52. The molecule has 0 spiro atoms. The molecule has 0 saturated heterocycles. The lowest BCUT2D eigenvalue weighted by Gasteiger charge is -2.29. The van der Waals surface area contributed by atoms with E-state index in [-0.39, 0.29) is 30.9 Å². The summed E-state index contributed by atoms with van der Waals surface area (Å²) in [5.74, 6) is 1.86. The lowest BCUT2D eigenvalue weighted by atomic mass is 9.84. The van der Waals surface area contributed by atoms with E-state index in [4.69, 9.17) is 0 Å². The minimum Gasteiger partial charge on any atom is -0.395 e. The van der Waals surface area contributed by atoms with Crippen molar-refractivity contribution in [3.8, 4) is 0 Å². The topological polar surface area (TPSA) is 52.6 Å². The van der Waals surface area contributed by atoms with Gasteiger partial charge in [-0.15, -0.1) is 0 Å². The average Bonchev–Trinajstić information content (AvgIpc) is 3.21. The standard InChI is InChI=1S/C20H28BrFN2O2/c1-13(18-9-14-2-3-15(18)8-14)23-20(26)12-24(6-7-25)11-16-10-17(21)4-5-19(16)22/h4-5,10,13-15,18,25H,2-3,6-9,11-12H2,1H3,(H,23,26). The number of carbonyl (C=O) groups excluding carboxylic acids is 1. The molecule has 4 nitrogen and oxygen atoms in total. The Bertz CT molecular complexity index is 642. The van der Waals surface area contributed by atoms with Crippen molar-refractivity contribution in [3.63, 3.8) is 0 Å². The number of fused-ring (bicyclic) bond motifs is 2. The molecular formula is C20H28BrFN2O2. The van der Waals surface area contributed by atoms with Crippen molar-refractivity contribution in [2.24, 2.45) is 17.8 Å². The summed E-state index contributed by atoms with van der Waals surface area (Å²) in [7, 11) is 0. The van der Waals surface area contributed by atoms with Gasteiger partial charge in [-0.25, -0.2) is 4.39 Å². The van der Waals surface area contributed by atoms with E-state index in [1.165, 1.54) is 31.7 Å². The van der Waals surface area contributed by atoms with Gasteiger partial charge in [-0.2, -0.15) is 0 Å². The summed E-state index contributed by atoms with van der Waals surface area (Å²) in [5, 5.41) is 12.4. The molecule has 4 unspecified atom stereocenters. The van der Waals surface area contributed by atoms with E-state index in [2.05, 4.69) is 28.2 Å². The van der Waals surface area contributed by atoms with E-state index >= 15 is 0 Å². The molecule has 2 N–H and O–H groups in total. The molecule has 6 heteroatoms. The maximum absolute atomic E-state index is 14.0. The van der Waals surface area contributed by atoms with Crippen LogP contribution in [0.5, 0.6) is 0 Å². The number of carbonyl (C=O) groups is 1. The van der Waals surface area contributed by atoms with Crippen LogP contribution < -0.4 is 5.32 Å². The van der Waals surface area contributed by atoms with E-state index in [0.717, 1.165) is 16.3 Å². The number of nitrogens with zero attached hydrogens (tertiary/aromatic N) is 1. The fourth-order valence-electron chi connectivity index (χ4n) is 4.78. The molecule has 1 aromatic rings. The van der Waals surface area contributed by atoms with E-state index < -0.39 is 0 Å². The quantitative estimate of drug-likeness (QED) is 0.670. The maximum Gasteiger partial charge on any atom is 0.234 e. The second-order valence-electron chi connectivity index (χ2n) is 7.86. The molecule has 2 saturated carbocycles. The number of halogens is 2. The summed E-state index contributed by atoms with van der Waals surface area (Å²) in [6, 6.07) is 4.96. The third-order valence-corrected chi connectivity index (χ3v) is 6.50. The van der Waals surface area contributed by atoms with Gasteiger partial charge in [-0.3, -0.25) is 9.69 Å². The Balaban J connectivity index is 1.55. The van der Waals surface area contributed by atoms with Crippen LogP contribution in [0.2, 0.25) is 0 Å². The maximum atomic E-state index is 14.0. The molecular weight excluding hydrogens is 399 g/mol. The number of aliphatic hydroxyl groups is 1. The SMILES string of the molecule is CC(NC(=O)CN(CCO)Cc1cc(Br)ccc1F)C1CC2CCC1C2. The second-order valence-corrected chi connectivity index (χ2v) is 8.78. The van der Waals surface area contributed by atoms with Crippen molar-refractivity contribution < 1.29 is 14.3 Å². The Labute approximate surface area is 163 Å². The number of amides is 1. The molecule has 0 heterocycles. The van der Waals surface area contributed by atoms with Gasteiger partial charge in [0.1, 0.15) is 5.82 Å². The van der Waals surface area contributed by atoms with Gasteiger partial charge in [0.15, 0.2) is 0 Å². The molecule has 0 radical (unpaired) electrons. The minimum atomic E-state index is -0.299. The highest BCUT2D eigenvalue weighted by Gasteiger charge is 2.42. The van der Waals surface area contributed by atoms with Crippen LogP contribution in [-0.2, 0) is 11.3 Å². The molecule has 4 atom stereocenters. The molecule has 2 aliphatic carbocycles. The molecule has 26 heavy (non-hydrogen) atoms. The molecule has 2 aliphatic rings. The number of hydrogen-bond acceptors (Lipinski definition) is 3. The van der Waals surface area contributed by atoms with Gasteiger partial charge in [-0.1, -0.05) is 22.4 Å². The second kappa shape index (κ2) is 8.81. The van der Waals surface area contributed by atoms with E-state index in [1.54, 1.807) is 17.0 Å². The Hall–Kier alpha value is -0.980. The molecule has 2 bridgehead atoms. The predicted molar refractivity (Wildman–Crippen MR) is 103 cm³/mol. The van der Waals surface area contributed by atoms with Crippen molar-refractivity contribution in [2.75, 3.05) is 19.7 Å². The van der Waals surface area contributed by atoms with Gasteiger partial charge in [0.25, 0.3) is 0 Å². The smallest absolute Gasteiger partial charge is 0.234 e. The minimum absolute atomic E-state index is 0.0517. The molecule has 0 aromatic heterocycles. The molecule has 3 rings (SSSR count). The largest absolute Gasteiger partial charge is 0.395 e. The number of benzene rings is 1. The Morgan fingerprint density at radius 1 is 1.42 bits per heavy atom. The van der Waals surface area contributed by atoms with Crippen LogP contribution in [0.4, 0.5) is 4.39 Å². The van der Waals surface area contributed by atoms with Gasteiger partial charge in [-0.05, 0) is 62.1 Å². The van der Waals surface area contributed by atoms with E-state index in [0.29, 0.717) is 24.6 Å². The van der Waals surface area contributed by atoms with E-state index in [9.17, 15) is 14.3 Å². The summed E-state index contributed by atoms with van der Waals surface area (Å²) in [4.78, 5) is 14.3. The Kier molecular flexibility index (Phi) is 6.70. The third kappa shape index (κ3) is 4.84. The Morgan fingerprint density at radius 2 is 2.23 bits per heavy atom. The average molecular weight is 427 g/mol. The number of nitrogens with one attached hydrogen (secondary N) is 1. The summed E-state index contributed by atoms with van der Waals surface area (Å²) < 4.78 is 14.8. The molecule has 2 fully saturated rings. The van der Waals surface area contributed by atoms with Crippen LogP contribution in [0.1, 0.15) is 38.2 Å². The zero-order valence-corrected chi connectivity index (χ0v) is 16.8. The highest BCUT2D eigenvalue weighted by molar-refractivity contribution is 9.10. The number of rotatable bonds is 8. The van der Waals surface area contributed by atoms with Crippen LogP contribution in [0.15, 0.2) is 22.7 Å². The molecule has 1 amide bonds. The first-order valence-corrected chi connectivity index (χ1v) is 10.3. The zero-order valence-electron chi connectivity index (χ0n) is 15.3. The monoisotopic (exact) mass is 426 g/mol. The summed E-state index contributed by atoms with van der Waals surface area (Å²) in [5.41, 5.74) is 0.516. The first kappa shape index (κ1) is 19.8. The lowest BCUT2D eigenvalue weighted by Crippen LogP contribution is -2.45. The van der Waals surface area contributed by atoms with Crippen LogP contribution in [0.3, 0.4) is 0 Å². The van der Waals surface area contributed by atoms with Gasteiger partial charge < -0.3 is 10.4 Å². The molecule has 1 aromatic carbocycles. The van der Waals surface area contributed by atoms with Crippen LogP contribution in [-0.4, -0.2) is 41.7 Å². The van der Waals surface area contributed by atoms with Gasteiger partial charge >= 0.3 is 0 Å². The van der Waals surface area contributed by atoms with Gasteiger partial charge in [0, 0.05) is 29.2 Å². The number of hydrogen-bond donors (Lipinski definition) is 2. The first-order chi connectivity index (χ1) is 12.5. The lowest BCUT2D eigenvalue weighted by molar-refractivity contribution is -0.123. The van der Waals surface area contributed by atoms with Crippen molar-refractivity contribution in [1.29, 1.82) is 0 Å². The van der Waals surface area contributed by atoms with Crippen molar-refractivity contribution in [1.82, 2.24) is 10.2 Å². The van der Waals surface area contributed by atoms with Crippen LogP contribution in [0, 0.1) is 23.6 Å². The van der Waals surface area contributed by atoms with Gasteiger partial charge in [0.05, 0.1) is 13.2 Å². The highest BCUT2D eigenvalue weighted by atomic mass is 79.9. The zero-order chi connectivity index (χ0) is 18.7. The number of aliphatic hydroxyl groups excluding tert-OH is 1. The highest BCUT2D eigenvalue weighted by Crippen LogP contribution is 2.49. The predicted octanol–water partition coefficient (Wildman–Crippen LogP) is 3.32. The molecule has 0 aliphatic heterocycles. The fourth-order valence-corrected chi connectivity index (χ4v) is 5.19. The van der Waals surface area contributed by atoms with Crippen molar-refractivity contribution in [2.45, 2.75) is 45.2 Å². The van der Waals surface area contributed by atoms with E-state index in [1.807, 2.05) is 0 Å². The summed E-state index contributed by atoms with van der Waals surface area (Å²) in [6.07, 6.45) is 5.21. The van der Waals surface area contributed by atoms with Crippen LogP contribution in [0.25, 0.3) is 0 Å². The molecule has 144 valence electrons. The normalized spacial score (nSPS) is 25.7. The van der Waals surface area contributed by atoms with Gasteiger partial charge in [0.2, 0.25) is 5.91 Å². The summed E-state index contributed by atoms with van der Waals surface area (Å²) >= 11 is 3.35. The van der Waals surface area contributed by atoms with Crippen molar-refractivity contribution >= 4 is 21.8 Å². The third-order valence-electron chi connectivity index (χ3n) is 6.01.